The number of unbranched alkanes of at least 4 members (excludes halogenated alkanes) is 2. The largest absolute Gasteiger partial charge is 0.508 e. The van der Waals surface area contributed by atoms with Crippen LogP contribution >= 0.6 is 0 Å². The second kappa shape index (κ2) is 20.8. The van der Waals surface area contributed by atoms with Gasteiger partial charge in [0.15, 0.2) is 0 Å². The van der Waals surface area contributed by atoms with Crippen LogP contribution in [0.3, 0.4) is 0 Å². The van der Waals surface area contributed by atoms with Crippen LogP contribution in [-0.2, 0) is 27.5 Å². The molecular weight excluding hydrogens is 806 g/mol. The number of nitro groups is 1. The van der Waals surface area contributed by atoms with Gasteiger partial charge >= 0.3 is 0 Å². The molecule has 12 nitrogen and oxygen atoms in total. The third-order valence-electron chi connectivity index (χ3n) is 12.4. The summed E-state index contributed by atoms with van der Waals surface area (Å²) in [6, 6.07) is 25.6. The monoisotopic (exact) mass is 859 g/mol. The van der Waals surface area contributed by atoms with Crippen LogP contribution in [0.5, 0.6) is 11.5 Å². The zero-order valence-corrected chi connectivity index (χ0v) is 35.1. The molecule has 0 spiro atoms. The Balaban J connectivity index is 1.43. The standard InChI is InChI=1S/C50H54FN3O9/c1-2-28-61-50-46(53(32-35-14-19-38(51)20-15-35)47(58)25-18-34-16-21-39(22-17-34)54(59)60)31-44(52-62-33-36-10-4-3-5-11-36)42-29-37(12-6-8-26-55)41(13-7-9-27-56)48(49(42)50)43-30-40(57)23-24-45(43)63-50/h2-5,10-11,14-25,29-30,37,41,46,48-49,55-57H,1,6-9,12-13,26-28,31-33H2. The number of phenolic OH excluding ortho intramolecular Hbond substituents is 1. The van der Waals surface area contributed by atoms with Crippen molar-refractivity contribution >= 4 is 23.4 Å². The highest BCUT2D eigenvalue weighted by Crippen LogP contribution is 2.62. The molecule has 330 valence electrons. The molecule has 0 saturated heterocycles. The average Bonchev–Trinajstić information content (AvgIpc) is 3.29. The first-order valence-corrected chi connectivity index (χ1v) is 21.6. The maximum atomic E-state index is 15.0. The lowest BCUT2D eigenvalue weighted by atomic mass is 9.55. The van der Waals surface area contributed by atoms with Crippen LogP contribution in [0.25, 0.3) is 6.08 Å². The lowest BCUT2D eigenvalue weighted by Crippen LogP contribution is -2.70. The second-order valence-corrected chi connectivity index (χ2v) is 16.3. The van der Waals surface area contributed by atoms with Crippen molar-refractivity contribution in [2.75, 3.05) is 19.8 Å². The first kappa shape index (κ1) is 44.9. The van der Waals surface area contributed by atoms with Gasteiger partial charge in [-0.25, -0.2) is 4.39 Å². The van der Waals surface area contributed by atoms with Gasteiger partial charge in [0.05, 0.1) is 23.2 Å². The molecule has 0 radical (unpaired) electrons. The lowest BCUT2D eigenvalue weighted by molar-refractivity contribution is -0.384. The van der Waals surface area contributed by atoms with Gasteiger partial charge in [-0.15, -0.1) is 6.58 Å². The van der Waals surface area contributed by atoms with E-state index in [0.29, 0.717) is 35.4 Å². The Labute approximate surface area is 366 Å². The predicted molar refractivity (Wildman–Crippen MR) is 237 cm³/mol. The van der Waals surface area contributed by atoms with E-state index in [9.17, 15) is 34.6 Å². The quantitative estimate of drug-likeness (QED) is 0.0259. The summed E-state index contributed by atoms with van der Waals surface area (Å²) in [6.07, 6.45) is 11.2. The number of non-ortho nitro benzene ring substituents is 1. The molecule has 1 amide bonds. The van der Waals surface area contributed by atoms with Gasteiger partial charge in [0.25, 0.3) is 5.69 Å². The summed E-state index contributed by atoms with van der Waals surface area (Å²) in [7, 11) is 0. The Morgan fingerprint density at radius 3 is 2.40 bits per heavy atom. The smallest absolute Gasteiger partial charge is 0.269 e. The molecule has 6 unspecified atom stereocenters. The van der Waals surface area contributed by atoms with Gasteiger partial charge in [-0.3, -0.25) is 14.9 Å². The van der Waals surface area contributed by atoms with Crippen LogP contribution in [0.2, 0.25) is 0 Å². The van der Waals surface area contributed by atoms with Crippen molar-refractivity contribution in [1.82, 2.24) is 4.90 Å². The number of hydrogen-bond donors (Lipinski definition) is 3. The number of amides is 1. The van der Waals surface area contributed by atoms with Crippen molar-refractivity contribution in [3.8, 4) is 11.5 Å². The molecule has 1 fully saturated rings. The number of rotatable bonds is 20. The van der Waals surface area contributed by atoms with Crippen LogP contribution < -0.4 is 4.74 Å². The molecule has 3 N–H and O–H groups in total. The van der Waals surface area contributed by atoms with Crippen molar-refractivity contribution in [2.45, 2.75) is 75.8 Å². The van der Waals surface area contributed by atoms with Crippen molar-refractivity contribution in [1.29, 1.82) is 0 Å². The van der Waals surface area contributed by atoms with Crippen molar-refractivity contribution in [3.63, 3.8) is 0 Å². The Morgan fingerprint density at radius 1 is 0.968 bits per heavy atom. The number of nitrogens with zero attached hydrogens (tertiary/aromatic N) is 3. The lowest BCUT2D eigenvalue weighted by Gasteiger charge is -2.60. The minimum absolute atomic E-state index is 0.00523. The van der Waals surface area contributed by atoms with E-state index in [2.05, 4.69) is 12.7 Å². The second-order valence-electron chi connectivity index (χ2n) is 16.3. The Hall–Kier alpha value is -6.15. The summed E-state index contributed by atoms with van der Waals surface area (Å²) < 4.78 is 28.6. The van der Waals surface area contributed by atoms with Crippen LogP contribution in [0.1, 0.15) is 73.1 Å². The number of aliphatic hydroxyl groups is 2. The number of fused-ring (bicyclic) bond motifs is 2. The molecule has 63 heavy (non-hydrogen) atoms. The maximum Gasteiger partial charge on any atom is 0.269 e. The number of hydrogen-bond acceptors (Lipinski definition) is 10. The normalized spacial score (nSPS) is 23.0. The van der Waals surface area contributed by atoms with E-state index in [1.165, 1.54) is 30.3 Å². The van der Waals surface area contributed by atoms with Crippen molar-refractivity contribution < 1.29 is 43.7 Å². The fourth-order valence-electron chi connectivity index (χ4n) is 9.52. The van der Waals surface area contributed by atoms with Crippen molar-refractivity contribution in [2.24, 2.45) is 22.9 Å². The third kappa shape index (κ3) is 10.2. The average molecular weight is 860 g/mol. The minimum Gasteiger partial charge on any atom is -0.508 e. The summed E-state index contributed by atoms with van der Waals surface area (Å²) in [5.41, 5.74) is 4.24. The number of oxime groups is 1. The molecule has 7 rings (SSSR count). The van der Waals surface area contributed by atoms with Gasteiger partial charge in [0, 0.05) is 55.9 Å². The highest BCUT2D eigenvalue weighted by molar-refractivity contribution is 6.03. The zero-order chi connectivity index (χ0) is 44.3. The molecule has 1 heterocycles. The first-order valence-electron chi connectivity index (χ1n) is 21.6. The highest BCUT2D eigenvalue weighted by atomic mass is 19.1. The third-order valence-corrected chi connectivity index (χ3v) is 12.4. The van der Waals surface area contributed by atoms with Crippen LogP contribution in [-0.4, -0.2) is 68.4 Å². The number of benzene rings is 4. The molecule has 2 aliphatic carbocycles. The van der Waals surface area contributed by atoms with Gasteiger partial charge < -0.3 is 34.5 Å². The summed E-state index contributed by atoms with van der Waals surface area (Å²) in [5.74, 6) is -2.89. The zero-order valence-electron chi connectivity index (χ0n) is 35.1. The number of carbonyl (C=O) groups excluding carboxylic acids is 1. The number of phenols is 1. The van der Waals surface area contributed by atoms with E-state index < -0.39 is 34.4 Å². The summed E-state index contributed by atoms with van der Waals surface area (Å²) in [6.45, 7) is 4.32. The van der Waals surface area contributed by atoms with Crippen LogP contribution in [0.4, 0.5) is 10.1 Å². The van der Waals surface area contributed by atoms with E-state index >= 15 is 0 Å². The molecule has 1 saturated carbocycles. The van der Waals surface area contributed by atoms with E-state index in [4.69, 9.17) is 19.5 Å². The molecular formula is C50H54FN3O9. The molecule has 1 aliphatic heterocycles. The van der Waals surface area contributed by atoms with Gasteiger partial charge in [-0.2, -0.15) is 0 Å². The Morgan fingerprint density at radius 2 is 1.70 bits per heavy atom. The molecule has 4 aromatic rings. The minimum atomic E-state index is -1.57. The number of ether oxygens (including phenoxy) is 2. The van der Waals surface area contributed by atoms with E-state index in [1.807, 2.05) is 30.3 Å². The van der Waals surface area contributed by atoms with Crippen molar-refractivity contribution in [3.05, 3.63) is 166 Å². The van der Waals surface area contributed by atoms with E-state index in [1.54, 1.807) is 59.5 Å². The predicted octanol–water partition coefficient (Wildman–Crippen LogP) is 9.02. The molecule has 6 atom stereocenters. The Bertz CT molecular complexity index is 2300. The molecule has 0 bridgehead atoms. The van der Waals surface area contributed by atoms with Crippen LogP contribution in [0.15, 0.2) is 133 Å². The molecule has 0 aromatic heterocycles. The van der Waals surface area contributed by atoms with E-state index in [0.717, 1.165) is 42.4 Å². The number of halogens is 1. The topological polar surface area (TPSA) is 164 Å². The number of aromatic hydroxyl groups is 1. The van der Waals surface area contributed by atoms with Gasteiger partial charge in [-0.05, 0) is 108 Å². The highest BCUT2D eigenvalue weighted by Gasteiger charge is 2.65. The number of aliphatic hydroxyl groups excluding tert-OH is 2. The first-order chi connectivity index (χ1) is 30.6. The van der Waals surface area contributed by atoms with Crippen LogP contribution in [0, 0.1) is 33.7 Å². The molecule has 4 aromatic carbocycles. The van der Waals surface area contributed by atoms with Gasteiger partial charge in [-0.1, -0.05) is 72.6 Å². The van der Waals surface area contributed by atoms with E-state index in [-0.39, 0.29) is 68.6 Å². The van der Waals surface area contributed by atoms with Gasteiger partial charge in [0.1, 0.15) is 30.0 Å². The fraction of sp³-hybridized carbons (Fsp3) is 0.360. The summed E-state index contributed by atoms with van der Waals surface area (Å²) in [5, 5.41) is 47.0. The Kier molecular flexibility index (Phi) is 14.8. The van der Waals surface area contributed by atoms with Gasteiger partial charge in [0.2, 0.25) is 11.7 Å². The summed E-state index contributed by atoms with van der Waals surface area (Å²) >= 11 is 0. The summed E-state index contributed by atoms with van der Waals surface area (Å²) in [4.78, 5) is 33.7. The molecule has 13 heteroatoms. The maximum absolute atomic E-state index is 15.0. The SMILES string of the molecule is C=CCOC12Oc3ccc(O)cc3C3C(CCCCO)C(CCCCO)C=C(C(=NOCc4ccccc4)CC1N(Cc1ccc(F)cc1)C(=O)C=Cc1ccc([N+](=O)[O-])cc1)C32. The molecule has 3 aliphatic rings. The fourth-order valence-corrected chi connectivity index (χ4v) is 9.52. The number of nitro benzene ring substituents is 1. The number of carbonyl (C=O) groups is 1. The number of allylic oxidation sites excluding steroid dienone is 1.